The molecule has 0 saturated carbocycles. The quantitative estimate of drug-likeness (QED) is 0.631. The average molecular weight is 169 g/mol. The normalized spacial score (nSPS) is 25.6. The summed E-state index contributed by atoms with van der Waals surface area (Å²) in [6, 6.07) is 0.558. The van der Waals surface area contributed by atoms with Gasteiger partial charge in [0.25, 0.3) is 0 Å². The first-order chi connectivity index (χ1) is 5.83. The Morgan fingerprint density at radius 1 is 1.75 bits per heavy atom. The van der Waals surface area contributed by atoms with Crippen molar-refractivity contribution in [2.45, 2.75) is 25.8 Å². The Hall–Kier alpha value is -0.340. The molecule has 1 fully saturated rings. The van der Waals surface area contributed by atoms with Crippen molar-refractivity contribution in [3.8, 4) is 0 Å². The summed E-state index contributed by atoms with van der Waals surface area (Å²) in [5, 5.41) is 3.47. The predicted octanol–water partition coefficient (Wildman–Crippen LogP) is 1.58. The van der Waals surface area contributed by atoms with Crippen molar-refractivity contribution in [3.63, 3.8) is 0 Å². The summed E-state index contributed by atoms with van der Waals surface area (Å²) in [6.07, 6.45) is 4.23. The molecule has 1 N–H and O–H groups in total. The van der Waals surface area contributed by atoms with E-state index in [0.717, 1.165) is 32.1 Å². The summed E-state index contributed by atoms with van der Waals surface area (Å²) in [5.74, 6) is 0.734. The summed E-state index contributed by atoms with van der Waals surface area (Å²) in [7, 11) is 0. The Morgan fingerprint density at radius 3 is 3.17 bits per heavy atom. The standard InChI is InChI=1S/C10H19NO/c1-3-4-9(2)11-7-10-5-6-12-8-10/h3,9-11H,1,4-8H2,2H3. The molecule has 0 aromatic rings. The Bertz CT molecular complexity index is 130. The Balaban J connectivity index is 2.03. The fourth-order valence-electron chi connectivity index (χ4n) is 1.45. The molecule has 1 heterocycles. The van der Waals surface area contributed by atoms with Crippen LogP contribution in [-0.4, -0.2) is 25.8 Å². The van der Waals surface area contributed by atoms with Gasteiger partial charge >= 0.3 is 0 Å². The highest BCUT2D eigenvalue weighted by Gasteiger charge is 2.15. The van der Waals surface area contributed by atoms with Crippen LogP contribution in [0.1, 0.15) is 19.8 Å². The molecule has 2 unspecified atom stereocenters. The second kappa shape index (κ2) is 5.33. The number of hydrogen-bond donors (Lipinski definition) is 1. The van der Waals surface area contributed by atoms with E-state index in [1.54, 1.807) is 0 Å². The van der Waals surface area contributed by atoms with Crippen LogP contribution in [0.3, 0.4) is 0 Å². The van der Waals surface area contributed by atoms with Crippen molar-refractivity contribution in [2.75, 3.05) is 19.8 Å². The third-order valence-corrected chi connectivity index (χ3v) is 2.30. The van der Waals surface area contributed by atoms with Crippen LogP contribution in [0.4, 0.5) is 0 Å². The summed E-state index contributed by atoms with van der Waals surface area (Å²) in [6.45, 7) is 8.88. The van der Waals surface area contributed by atoms with Crippen molar-refractivity contribution in [2.24, 2.45) is 5.92 Å². The summed E-state index contributed by atoms with van der Waals surface area (Å²) < 4.78 is 5.29. The monoisotopic (exact) mass is 169 g/mol. The molecule has 0 spiro atoms. The van der Waals surface area contributed by atoms with Crippen molar-refractivity contribution in [3.05, 3.63) is 12.7 Å². The van der Waals surface area contributed by atoms with E-state index in [-0.39, 0.29) is 0 Å². The third-order valence-electron chi connectivity index (χ3n) is 2.30. The second-order valence-electron chi connectivity index (χ2n) is 3.56. The lowest BCUT2D eigenvalue weighted by Gasteiger charge is -2.14. The van der Waals surface area contributed by atoms with E-state index in [9.17, 15) is 0 Å². The van der Waals surface area contributed by atoms with Crippen LogP contribution in [0.5, 0.6) is 0 Å². The van der Waals surface area contributed by atoms with Gasteiger partial charge in [-0.1, -0.05) is 6.08 Å². The second-order valence-corrected chi connectivity index (χ2v) is 3.56. The lowest BCUT2D eigenvalue weighted by atomic mass is 10.1. The van der Waals surface area contributed by atoms with E-state index in [0.29, 0.717) is 6.04 Å². The van der Waals surface area contributed by atoms with Crippen LogP contribution in [0.25, 0.3) is 0 Å². The minimum absolute atomic E-state index is 0.558. The fourth-order valence-corrected chi connectivity index (χ4v) is 1.45. The zero-order valence-electron chi connectivity index (χ0n) is 7.88. The Kier molecular flexibility index (Phi) is 4.33. The molecule has 0 aliphatic carbocycles. The summed E-state index contributed by atoms with van der Waals surface area (Å²) in [4.78, 5) is 0. The maximum absolute atomic E-state index is 5.29. The third kappa shape index (κ3) is 3.37. The molecule has 0 radical (unpaired) electrons. The van der Waals surface area contributed by atoms with E-state index >= 15 is 0 Å². The average Bonchev–Trinajstić information content (AvgIpc) is 2.53. The van der Waals surface area contributed by atoms with E-state index in [2.05, 4.69) is 18.8 Å². The Morgan fingerprint density at radius 2 is 2.58 bits per heavy atom. The highest BCUT2D eigenvalue weighted by atomic mass is 16.5. The zero-order chi connectivity index (χ0) is 8.81. The molecule has 2 atom stereocenters. The molecule has 2 heteroatoms. The van der Waals surface area contributed by atoms with E-state index in [1.165, 1.54) is 6.42 Å². The molecule has 1 aliphatic heterocycles. The van der Waals surface area contributed by atoms with Gasteiger partial charge in [-0.25, -0.2) is 0 Å². The van der Waals surface area contributed by atoms with Crippen molar-refractivity contribution >= 4 is 0 Å². The SMILES string of the molecule is C=CCC(C)NCC1CCOC1. The molecule has 0 aromatic heterocycles. The lowest BCUT2D eigenvalue weighted by Crippen LogP contribution is -2.30. The maximum Gasteiger partial charge on any atom is 0.0507 e. The van der Waals surface area contributed by atoms with E-state index < -0.39 is 0 Å². The number of ether oxygens (including phenoxy) is 1. The molecule has 0 bridgehead atoms. The minimum atomic E-state index is 0.558. The molecule has 70 valence electrons. The zero-order valence-corrected chi connectivity index (χ0v) is 7.88. The van der Waals surface area contributed by atoms with Gasteiger partial charge in [0.05, 0.1) is 6.61 Å². The molecular formula is C10H19NO. The molecule has 1 saturated heterocycles. The molecular weight excluding hydrogens is 150 g/mol. The largest absolute Gasteiger partial charge is 0.381 e. The van der Waals surface area contributed by atoms with Crippen LogP contribution in [0, 0.1) is 5.92 Å². The fraction of sp³-hybridized carbons (Fsp3) is 0.800. The number of rotatable bonds is 5. The van der Waals surface area contributed by atoms with E-state index in [4.69, 9.17) is 4.74 Å². The highest BCUT2D eigenvalue weighted by molar-refractivity contribution is 4.76. The first kappa shape index (κ1) is 9.75. The molecule has 1 aliphatic rings. The van der Waals surface area contributed by atoms with Crippen molar-refractivity contribution < 1.29 is 4.74 Å². The van der Waals surface area contributed by atoms with Crippen LogP contribution >= 0.6 is 0 Å². The first-order valence-corrected chi connectivity index (χ1v) is 4.75. The number of hydrogen-bond acceptors (Lipinski definition) is 2. The lowest BCUT2D eigenvalue weighted by molar-refractivity contribution is 0.184. The minimum Gasteiger partial charge on any atom is -0.381 e. The maximum atomic E-state index is 5.29. The molecule has 1 rings (SSSR count). The van der Waals surface area contributed by atoms with Gasteiger partial charge in [-0.3, -0.25) is 0 Å². The Labute approximate surface area is 75.0 Å². The smallest absolute Gasteiger partial charge is 0.0507 e. The van der Waals surface area contributed by atoms with Gasteiger partial charge < -0.3 is 10.1 Å². The molecule has 0 aromatic carbocycles. The van der Waals surface area contributed by atoms with Gasteiger partial charge in [0.15, 0.2) is 0 Å². The molecule has 2 nitrogen and oxygen atoms in total. The van der Waals surface area contributed by atoms with Crippen molar-refractivity contribution in [1.29, 1.82) is 0 Å². The topological polar surface area (TPSA) is 21.3 Å². The van der Waals surface area contributed by atoms with Crippen LogP contribution < -0.4 is 5.32 Å². The number of nitrogens with one attached hydrogen (secondary N) is 1. The predicted molar refractivity (Wildman–Crippen MR) is 51.2 cm³/mol. The van der Waals surface area contributed by atoms with E-state index in [1.807, 2.05) is 6.08 Å². The van der Waals surface area contributed by atoms with Gasteiger partial charge in [-0.2, -0.15) is 0 Å². The van der Waals surface area contributed by atoms with Crippen LogP contribution in [-0.2, 0) is 4.74 Å². The summed E-state index contributed by atoms with van der Waals surface area (Å²) in [5.41, 5.74) is 0. The van der Waals surface area contributed by atoms with Gasteiger partial charge in [0.1, 0.15) is 0 Å². The van der Waals surface area contributed by atoms with Gasteiger partial charge in [0.2, 0.25) is 0 Å². The van der Waals surface area contributed by atoms with Crippen LogP contribution in [0.2, 0.25) is 0 Å². The molecule has 0 amide bonds. The van der Waals surface area contributed by atoms with Gasteiger partial charge in [-0.15, -0.1) is 6.58 Å². The summed E-state index contributed by atoms with van der Waals surface area (Å²) >= 11 is 0. The first-order valence-electron chi connectivity index (χ1n) is 4.75. The van der Waals surface area contributed by atoms with Gasteiger partial charge in [0, 0.05) is 19.2 Å². The van der Waals surface area contributed by atoms with Crippen molar-refractivity contribution in [1.82, 2.24) is 5.32 Å². The van der Waals surface area contributed by atoms with Crippen LogP contribution in [0.15, 0.2) is 12.7 Å². The van der Waals surface area contributed by atoms with Gasteiger partial charge in [-0.05, 0) is 25.7 Å². The highest BCUT2D eigenvalue weighted by Crippen LogP contribution is 2.10. The molecule has 12 heavy (non-hydrogen) atoms.